The molecule has 2 aromatic heterocycles. The van der Waals surface area contributed by atoms with Crippen LogP contribution >= 0.6 is 0 Å². The number of carbonyl (C=O) groups is 1. The summed E-state index contributed by atoms with van der Waals surface area (Å²) in [5.74, 6) is 3.06. The number of amides is 1. The van der Waals surface area contributed by atoms with E-state index >= 15 is 0 Å². The first-order valence-corrected chi connectivity index (χ1v) is 7.61. The van der Waals surface area contributed by atoms with E-state index in [0.29, 0.717) is 24.3 Å². The van der Waals surface area contributed by atoms with Crippen LogP contribution in [0.3, 0.4) is 0 Å². The average Bonchev–Trinajstić information content (AvgIpc) is 3.03. The van der Waals surface area contributed by atoms with Gasteiger partial charge in [0.2, 0.25) is 5.91 Å². The Morgan fingerprint density at radius 2 is 2.21 bits per heavy atom. The molecule has 0 bridgehead atoms. The third-order valence-electron chi connectivity index (χ3n) is 3.90. The van der Waals surface area contributed by atoms with E-state index < -0.39 is 0 Å². The number of hydrogen-bond acceptors (Lipinski definition) is 4. The van der Waals surface area contributed by atoms with E-state index in [0.717, 1.165) is 22.5 Å². The normalized spacial score (nSPS) is 10.5. The second-order valence-corrected chi connectivity index (χ2v) is 5.51. The highest BCUT2D eigenvalue weighted by Gasteiger charge is 2.12. The number of hydrogen-bond donors (Lipinski definition) is 1. The van der Waals surface area contributed by atoms with Gasteiger partial charge in [-0.2, -0.15) is 10.1 Å². The topological polar surface area (TPSA) is 72.2 Å². The highest BCUT2D eigenvalue weighted by molar-refractivity contribution is 5.91. The number of terminal acetylenes is 1. The van der Waals surface area contributed by atoms with Crippen LogP contribution in [0, 0.1) is 26.2 Å². The highest BCUT2D eigenvalue weighted by atomic mass is 16.1. The summed E-state index contributed by atoms with van der Waals surface area (Å²) in [6.45, 7) is 3.88. The predicted molar refractivity (Wildman–Crippen MR) is 91.6 cm³/mol. The Hall–Kier alpha value is -3.20. The van der Waals surface area contributed by atoms with Crippen molar-refractivity contribution in [2.45, 2.75) is 26.7 Å². The Morgan fingerprint density at radius 1 is 1.38 bits per heavy atom. The maximum absolute atomic E-state index is 12.2. The van der Waals surface area contributed by atoms with Crippen LogP contribution in [0.4, 0.5) is 5.69 Å². The van der Waals surface area contributed by atoms with Crippen LogP contribution in [0.2, 0.25) is 0 Å². The van der Waals surface area contributed by atoms with Crippen LogP contribution in [0.1, 0.15) is 28.9 Å². The molecule has 0 saturated heterocycles. The summed E-state index contributed by atoms with van der Waals surface area (Å²) < 4.78 is 1.69. The number of nitrogens with zero attached hydrogens (tertiary/aromatic N) is 4. The quantitative estimate of drug-likeness (QED) is 0.749. The second kappa shape index (κ2) is 6.50. The number of rotatable bonds is 4. The lowest BCUT2D eigenvalue weighted by Gasteiger charge is -2.10. The molecule has 0 saturated carbocycles. The lowest BCUT2D eigenvalue weighted by molar-refractivity contribution is -0.116. The van der Waals surface area contributed by atoms with Gasteiger partial charge in [-0.3, -0.25) is 4.79 Å². The van der Waals surface area contributed by atoms with E-state index in [1.165, 1.54) is 6.33 Å². The number of carbonyl (C=O) groups excluding carboxylic acids is 1. The fraction of sp³-hybridized carbons (Fsp3) is 0.222. The first-order chi connectivity index (χ1) is 11.6. The third kappa shape index (κ3) is 3.10. The van der Waals surface area contributed by atoms with Crippen LogP contribution in [0.25, 0.3) is 5.78 Å². The van der Waals surface area contributed by atoms with Crippen molar-refractivity contribution in [3.05, 3.63) is 53.1 Å². The standard InChI is InChI=1S/C18H17N5O/c1-4-14-6-5-7-15(10-14)22-17(24)9-8-16-12(2)21-18-19-11-20-23(18)13(16)3/h1,5-7,10-11H,8-9H2,2-3H3,(H,22,24). The molecule has 0 spiro atoms. The summed E-state index contributed by atoms with van der Waals surface area (Å²) in [6, 6.07) is 7.23. The minimum atomic E-state index is -0.0679. The molecule has 1 aromatic carbocycles. The Labute approximate surface area is 139 Å². The molecule has 2 heterocycles. The van der Waals surface area contributed by atoms with Crippen LogP contribution in [0.5, 0.6) is 0 Å². The molecule has 120 valence electrons. The minimum absolute atomic E-state index is 0.0679. The lowest BCUT2D eigenvalue weighted by atomic mass is 10.1. The summed E-state index contributed by atoms with van der Waals surface area (Å²) in [5.41, 5.74) is 4.28. The van der Waals surface area contributed by atoms with Crippen LogP contribution in [0.15, 0.2) is 30.6 Å². The number of nitrogens with one attached hydrogen (secondary N) is 1. The molecular weight excluding hydrogens is 302 g/mol. The molecule has 6 heteroatoms. The number of anilines is 1. The van der Waals surface area contributed by atoms with Gasteiger partial charge in [-0.1, -0.05) is 12.0 Å². The van der Waals surface area contributed by atoms with Crippen molar-refractivity contribution < 1.29 is 4.79 Å². The summed E-state index contributed by atoms with van der Waals surface area (Å²) in [4.78, 5) is 20.7. The summed E-state index contributed by atoms with van der Waals surface area (Å²) in [7, 11) is 0. The van der Waals surface area contributed by atoms with E-state index in [4.69, 9.17) is 6.42 Å². The van der Waals surface area contributed by atoms with Crippen molar-refractivity contribution >= 4 is 17.4 Å². The molecule has 3 rings (SSSR count). The molecule has 0 unspecified atom stereocenters. The second-order valence-electron chi connectivity index (χ2n) is 5.51. The molecular formula is C18H17N5O. The summed E-state index contributed by atoms with van der Waals surface area (Å²) in [5, 5.41) is 7.03. The SMILES string of the molecule is C#Cc1cccc(NC(=O)CCc2c(C)nc3ncnn3c2C)c1. The van der Waals surface area contributed by atoms with Crippen LogP contribution in [-0.2, 0) is 11.2 Å². The third-order valence-corrected chi connectivity index (χ3v) is 3.90. The maximum atomic E-state index is 12.2. The highest BCUT2D eigenvalue weighted by Crippen LogP contribution is 2.16. The van der Waals surface area contributed by atoms with Gasteiger partial charge in [-0.05, 0) is 44.0 Å². The molecule has 0 atom stereocenters. The Bertz CT molecular complexity index is 952. The number of benzene rings is 1. The number of aromatic nitrogens is 4. The van der Waals surface area contributed by atoms with E-state index in [1.807, 2.05) is 32.0 Å². The van der Waals surface area contributed by atoms with Gasteiger partial charge in [-0.25, -0.2) is 9.50 Å². The largest absolute Gasteiger partial charge is 0.326 e. The zero-order valence-corrected chi connectivity index (χ0v) is 13.6. The van der Waals surface area contributed by atoms with E-state index in [1.54, 1.807) is 10.6 Å². The van der Waals surface area contributed by atoms with Gasteiger partial charge < -0.3 is 5.32 Å². The summed E-state index contributed by atoms with van der Waals surface area (Å²) >= 11 is 0. The zero-order valence-electron chi connectivity index (χ0n) is 13.6. The summed E-state index contributed by atoms with van der Waals surface area (Å²) in [6.07, 6.45) is 7.78. The minimum Gasteiger partial charge on any atom is -0.326 e. The van der Waals surface area contributed by atoms with Crippen molar-refractivity contribution in [1.29, 1.82) is 0 Å². The van der Waals surface area contributed by atoms with E-state index in [-0.39, 0.29) is 5.91 Å². The lowest BCUT2D eigenvalue weighted by Crippen LogP contribution is -2.14. The van der Waals surface area contributed by atoms with Crippen LogP contribution in [-0.4, -0.2) is 25.5 Å². The number of fused-ring (bicyclic) bond motifs is 1. The monoisotopic (exact) mass is 319 g/mol. The first-order valence-electron chi connectivity index (χ1n) is 7.61. The first kappa shape index (κ1) is 15.7. The Morgan fingerprint density at radius 3 is 3.00 bits per heavy atom. The molecule has 6 nitrogen and oxygen atoms in total. The molecule has 0 aliphatic carbocycles. The van der Waals surface area contributed by atoms with Gasteiger partial charge in [0.1, 0.15) is 6.33 Å². The molecule has 0 radical (unpaired) electrons. The Balaban J connectivity index is 1.71. The molecule has 0 fully saturated rings. The fourth-order valence-corrected chi connectivity index (χ4v) is 2.67. The maximum Gasteiger partial charge on any atom is 0.252 e. The van der Waals surface area contributed by atoms with E-state index in [9.17, 15) is 4.79 Å². The van der Waals surface area contributed by atoms with Gasteiger partial charge in [-0.15, -0.1) is 6.42 Å². The van der Waals surface area contributed by atoms with E-state index in [2.05, 4.69) is 26.3 Å². The number of aryl methyl sites for hydroxylation is 2. The molecule has 0 aliphatic rings. The molecule has 24 heavy (non-hydrogen) atoms. The fourth-order valence-electron chi connectivity index (χ4n) is 2.67. The zero-order chi connectivity index (χ0) is 17.1. The van der Waals surface area contributed by atoms with Gasteiger partial charge in [0.05, 0.1) is 0 Å². The smallest absolute Gasteiger partial charge is 0.252 e. The predicted octanol–water partition coefficient (Wildman–Crippen LogP) is 2.29. The van der Waals surface area contributed by atoms with Crippen molar-refractivity contribution in [2.24, 2.45) is 0 Å². The molecule has 1 N–H and O–H groups in total. The van der Waals surface area contributed by atoms with Crippen molar-refractivity contribution in [3.63, 3.8) is 0 Å². The molecule has 3 aromatic rings. The molecule has 1 amide bonds. The average molecular weight is 319 g/mol. The Kier molecular flexibility index (Phi) is 4.25. The van der Waals surface area contributed by atoms with Crippen molar-refractivity contribution in [2.75, 3.05) is 5.32 Å². The van der Waals surface area contributed by atoms with Gasteiger partial charge >= 0.3 is 0 Å². The van der Waals surface area contributed by atoms with Gasteiger partial charge in [0, 0.05) is 29.1 Å². The van der Waals surface area contributed by atoms with Gasteiger partial charge in [0.25, 0.3) is 5.78 Å². The van der Waals surface area contributed by atoms with Crippen molar-refractivity contribution in [1.82, 2.24) is 19.6 Å². The van der Waals surface area contributed by atoms with Crippen molar-refractivity contribution in [3.8, 4) is 12.3 Å². The molecule has 0 aliphatic heterocycles. The van der Waals surface area contributed by atoms with Crippen LogP contribution < -0.4 is 5.32 Å². The van der Waals surface area contributed by atoms with Gasteiger partial charge in [0.15, 0.2) is 0 Å².